The molecule has 3 aromatic rings. The third-order valence-electron chi connectivity index (χ3n) is 7.80. The van der Waals surface area contributed by atoms with E-state index in [2.05, 4.69) is 55.7 Å². The van der Waals surface area contributed by atoms with Crippen molar-refractivity contribution in [3.8, 4) is 11.4 Å². The zero-order valence-corrected chi connectivity index (χ0v) is 23.6. The Kier molecular flexibility index (Phi) is 9.85. The van der Waals surface area contributed by atoms with Crippen molar-refractivity contribution >= 4 is 11.6 Å². The minimum Gasteiger partial charge on any atom is -0.512 e. The van der Waals surface area contributed by atoms with Crippen LogP contribution in [0, 0.1) is 17.7 Å². The molecule has 0 spiro atoms. The normalized spacial score (nSPS) is 17.4. The smallest absolute Gasteiger partial charge is 0.140 e. The molecule has 3 nitrogen and oxygen atoms in total. The zero-order valence-electron chi connectivity index (χ0n) is 22.8. The van der Waals surface area contributed by atoms with Crippen LogP contribution in [-0.2, 0) is 13.0 Å². The second-order valence-electron chi connectivity index (χ2n) is 10.9. The van der Waals surface area contributed by atoms with Gasteiger partial charge in [0.1, 0.15) is 11.6 Å². The Morgan fingerprint density at radius 3 is 2.61 bits per heavy atom. The Labute approximate surface area is 232 Å². The number of nitrogens with zero attached hydrogens (tertiary/aromatic N) is 2. The average molecular weight is 535 g/mol. The number of halogens is 2. The first-order chi connectivity index (χ1) is 18.4. The van der Waals surface area contributed by atoms with Crippen LogP contribution < -0.4 is 0 Å². The van der Waals surface area contributed by atoms with Gasteiger partial charge < -0.3 is 9.67 Å². The Morgan fingerprint density at radius 2 is 1.89 bits per heavy atom. The van der Waals surface area contributed by atoms with E-state index in [1.807, 2.05) is 12.3 Å². The number of aliphatic hydroxyl groups excluding tert-OH is 1. The predicted octanol–water partition coefficient (Wildman–Crippen LogP) is 9.60. The van der Waals surface area contributed by atoms with Gasteiger partial charge >= 0.3 is 0 Å². The van der Waals surface area contributed by atoms with Crippen LogP contribution in [0.15, 0.2) is 83.2 Å². The SMILES string of the molecule is CCCCn1c(C(C)CCC(CC2=C(Cl)C=C(O)CC2C)Cc2ccccc2)cnc1-c1cccc(F)c1. The van der Waals surface area contributed by atoms with E-state index in [1.54, 1.807) is 18.2 Å². The number of allylic oxidation sites excluding steroid dienone is 4. The van der Waals surface area contributed by atoms with Crippen LogP contribution in [0.3, 0.4) is 0 Å². The summed E-state index contributed by atoms with van der Waals surface area (Å²) in [5.74, 6) is 1.98. The lowest BCUT2D eigenvalue weighted by Crippen LogP contribution is -2.15. The second-order valence-corrected chi connectivity index (χ2v) is 11.3. The van der Waals surface area contributed by atoms with Crippen molar-refractivity contribution in [1.29, 1.82) is 0 Å². The van der Waals surface area contributed by atoms with Gasteiger partial charge in [0.2, 0.25) is 0 Å². The van der Waals surface area contributed by atoms with Crippen molar-refractivity contribution < 1.29 is 9.50 Å². The zero-order chi connectivity index (χ0) is 27.1. The van der Waals surface area contributed by atoms with Crippen LogP contribution in [-0.4, -0.2) is 14.7 Å². The maximum Gasteiger partial charge on any atom is 0.140 e. The van der Waals surface area contributed by atoms with Crippen LogP contribution in [0.5, 0.6) is 0 Å². The molecule has 3 atom stereocenters. The minimum absolute atomic E-state index is 0.237. The van der Waals surface area contributed by atoms with Crippen molar-refractivity contribution in [3.63, 3.8) is 0 Å². The molecule has 1 aliphatic rings. The molecule has 202 valence electrons. The van der Waals surface area contributed by atoms with Gasteiger partial charge in [-0.2, -0.15) is 0 Å². The third kappa shape index (κ3) is 7.17. The lowest BCUT2D eigenvalue weighted by atomic mass is 9.80. The molecule has 0 saturated carbocycles. The van der Waals surface area contributed by atoms with Crippen molar-refractivity contribution in [2.75, 3.05) is 0 Å². The summed E-state index contributed by atoms with van der Waals surface area (Å²) < 4.78 is 16.3. The Morgan fingerprint density at radius 1 is 1.11 bits per heavy atom. The molecule has 0 amide bonds. The third-order valence-corrected chi connectivity index (χ3v) is 8.16. The van der Waals surface area contributed by atoms with E-state index in [9.17, 15) is 9.50 Å². The monoisotopic (exact) mass is 534 g/mol. The number of aromatic nitrogens is 2. The number of unbranched alkanes of at least 4 members (excludes halogenated alkanes) is 1. The summed E-state index contributed by atoms with van der Waals surface area (Å²) in [4.78, 5) is 4.76. The van der Waals surface area contributed by atoms with Gasteiger partial charge in [0.25, 0.3) is 0 Å². The summed E-state index contributed by atoms with van der Waals surface area (Å²) in [6, 6.07) is 17.4. The highest BCUT2D eigenvalue weighted by atomic mass is 35.5. The predicted molar refractivity (Wildman–Crippen MR) is 156 cm³/mol. The van der Waals surface area contributed by atoms with Crippen LogP contribution in [0.25, 0.3) is 11.4 Å². The largest absolute Gasteiger partial charge is 0.512 e. The number of rotatable bonds is 12. The van der Waals surface area contributed by atoms with Gasteiger partial charge in [-0.15, -0.1) is 0 Å². The summed E-state index contributed by atoms with van der Waals surface area (Å²) in [6.07, 6.45) is 10.5. The van der Waals surface area contributed by atoms with E-state index in [-0.39, 0.29) is 11.7 Å². The van der Waals surface area contributed by atoms with Crippen LogP contribution >= 0.6 is 11.6 Å². The van der Waals surface area contributed by atoms with Crippen LogP contribution in [0.2, 0.25) is 0 Å². The molecule has 4 rings (SSSR count). The van der Waals surface area contributed by atoms with E-state index in [4.69, 9.17) is 16.6 Å². The fourth-order valence-corrected chi connectivity index (χ4v) is 6.02. The van der Waals surface area contributed by atoms with Crippen LogP contribution in [0.1, 0.15) is 76.5 Å². The summed E-state index contributed by atoms with van der Waals surface area (Å²) in [7, 11) is 0. The molecule has 3 unspecified atom stereocenters. The van der Waals surface area contributed by atoms with E-state index in [0.717, 1.165) is 56.5 Å². The highest BCUT2D eigenvalue weighted by Crippen LogP contribution is 2.37. The van der Waals surface area contributed by atoms with Crippen LogP contribution in [0.4, 0.5) is 4.39 Å². The number of hydrogen-bond donors (Lipinski definition) is 1. The molecular formula is C33H40ClFN2O. The highest BCUT2D eigenvalue weighted by molar-refractivity contribution is 6.31. The molecule has 0 radical (unpaired) electrons. The van der Waals surface area contributed by atoms with Crippen molar-refractivity contribution in [3.05, 3.63) is 100 Å². The quantitative estimate of drug-likeness (QED) is 0.251. The first-order valence-electron chi connectivity index (χ1n) is 14.0. The molecule has 1 aliphatic carbocycles. The maximum atomic E-state index is 14.0. The Balaban J connectivity index is 1.55. The lowest BCUT2D eigenvalue weighted by molar-refractivity contribution is 0.353. The van der Waals surface area contributed by atoms with Gasteiger partial charge in [-0.25, -0.2) is 9.37 Å². The van der Waals surface area contributed by atoms with Gasteiger partial charge in [-0.05, 0) is 79.2 Å². The molecule has 1 N–H and O–H groups in total. The van der Waals surface area contributed by atoms with Gasteiger partial charge in [-0.3, -0.25) is 0 Å². The second kappa shape index (κ2) is 13.3. The number of aliphatic hydroxyl groups is 1. The van der Waals surface area contributed by atoms with Crippen molar-refractivity contribution in [2.45, 2.75) is 78.2 Å². The van der Waals surface area contributed by atoms with Gasteiger partial charge in [-0.1, -0.05) is 81.3 Å². The van der Waals surface area contributed by atoms with Crippen molar-refractivity contribution in [2.24, 2.45) is 11.8 Å². The number of benzene rings is 2. The first-order valence-corrected chi connectivity index (χ1v) is 14.4. The number of imidazole rings is 1. The molecule has 1 aromatic heterocycles. The molecule has 0 bridgehead atoms. The van der Waals surface area contributed by atoms with Gasteiger partial charge in [0, 0.05) is 35.5 Å². The molecule has 38 heavy (non-hydrogen) atoms. The van der Waals surface area contributed by atoms with E-state index < -0.39 is 0 Å². The first kappa shape index (κ1) is 28.2. The number of hydrogen-bond acceptors (Lipinski definition) is 2. The molecule has 1 heterocycles. The molecule has 2 aromatic carbocycles. The van der Waals surface area contributed by atoms with E-state index in [0.29, 0.717) is 29.0 Å². The lowest BCUT2D eigenvalue weighted by Gasteiger charge is -2.27. The van der Waals surface area contributed by atoms with Crippen molar-refractivity contribution in [1.82, 2.24) is 9.55 Å². The van der Waals surface area contributed by atoms with E-state index in [1.165, 1.54) is 22.9 Å². The minimum atomic E-state index is -0.237. The Hall–Kier alpha value is -2.85. The molecule has 0 aliphatic heterocycles. The average Bonchev–Trinajstić information content (AvgIpc) is 3.32. The molecule has 0 fully saturated rings. The van der Waals surface area contributed by atoms with E-state index >= 15 is 0 Å². The van der Waals surface area contributed by atoms with Gasteiger partial charge in [0.05, 0.1) is 5.76 Å². The fraction of sp³-hybridized carbons (Fsp3) is 0.424. The summed E-state index contributed by atoms with van der Waals surface area (Å²) >= 11 is 6.62. The maximum absolute atomic E-state index is 14.0. The topological polar surface area (TPSA) is 38.0 Å². The molecule has 0 saturated heterocycles. The standard InChI is InChI=1S/C33H40ClFN2O/c1-4-5-16-37-32(22-36-33(37)27-12-9-13-28(35)20-27)23(2)14-15-26(18-25-10-7-6-8-11-25)19-30-24(3)17-29(38)21-31(30)34/h6-13,20-24,26,38H,4-5,14-19H2,1-3H3. The summed E-state index contributed by atoms with van der Waals surface area (Å²) in [6.45, 7) is 7.51. The summed E-state index contributed by atoms with van der Waals surface area (Å²) in [5, 5.41) is 10.7. The highest BCUT2D eigenvalue weighted by Gasteiger charge is 2.24. The summed E-state index contributed by atoms with van der Waals surface area (Å²) in [5.41, 5.74) is 4.63. The molecule has 5 heteroatoms. The fourth-order valence-electron chi connectivity index (χ4n) is 5.63. The molecular weight excluding hydrogens is 495 g/mol. The van der Waals surface area contributed by atoms with Gasteiger partial charge in [0.15, 0.2) is 0 Å². The Bertz CT molecular complexity index is 1260.